The molecular formula is C16H15N5O. The molecule has 0 aliphatic carbocycles. The molecule has 0 spiro atoms. The molecule has 0 atom stereocenters. The highest BCUT2D eigenvalue weighted by atomic mass is 16.2. The second-order valence-corrected chi connectivity index (χ2v) is 4.65. The van der Waals surface area contributed by atoms with E-state index in [-0.39, 0.29) is 6.03 Å². The van der Waals surface area contributed by atoms with E-state index in [9.17, 15) is 4.79 Å². The van der Waals surface area contributed by atoms with Gasteiger partial charge in [0.05, 0.1) is 11.2 Å². The van der Waals surface area contributed by atoms with Gasteiger partial charge < -0.3 is 5.32 Å². The third-order valence-electron chi connectivity index (χ3n) is 3.13. The number of anilines is 1. The molecule has 0 aliphatic rings. The molecular weight excluding hydrogens is 278 g/mol. The molecule has 6 nitrogen and oxygen atoms in total. The molecule has 2 amide bonds. The minimum absolute atomic E-state index is 0.291. The van der Waals surface area contributed by atoms with Crippen molar-refractivity contribution in [2.75, 3.05) is 11.9 Å². The van der Waals surface area contributed by atoms with Gasteiger partial charge in [-0.25, -0.2) is 9.78 Å². The van der Waals surface area contributed by atoms with Crippen LogP contribution in [0.3, 0.4) is 0 Å². The Morgan fingerprint density at radius 3 is 2.91 bits per heavy atom. The molecule has 0 bridgehead atoms. The molecule has 0 radical (unpaired) electrons. The fourth-order valence-corrected chi connectivity index (χ4v) is 2.14. The Morgan fingerprint density at radius 1 is 1.23 bits per heavy atom. The van der Waals surface area contributed by atoms with Crippen molar-refractivity contribution in [2.24, 2.45) is 0 Å². The maximum atomic E-state index is 11.8. The summed E-state index contributed by atoms with van der Waals surface area (Å²) in [6, 6.07) is 9.06. The summed E-state index contributed by atoms with van der Waals surface area (Å²) in [5.41, 5.74) is 2.27. The van der Waals surface area contributed by atoms with Gasteiger partial charge in [-0.15, -0.1) is 0 Å². The van der Waals surface area contributed by atoms with Crippen LogP contribution < -0.4 is 10.6 Å². The molecule has 0 fully saturated rings. The maximum Gasteiger partial charge on any atom is 0.320 e. The van der Waals surface area contributed by atoms with Gasteiger partial charge in [0.25, 0.3) is 0 Å². The number of aromatic nitrogens is 3. The summed E-state index contributed by atoms with van der Waals surface area (Å²) >= 11 is 0. The van der Waals surface area contributed by atoms with Gasteiger partial charge in [-0.05, 0) is 31.2 Å². The first-order chi connectivity index (χ1) is 10.8. The Balaban J connectivity index is 2.12. The van der Waals surface area contributed by atoms with Crippen LogP contribution in [-0.2, 0) is 0 Å². The lowest BCUT2D eigenvalue weighted by Crippen LogP contribution is -2.28. The Labute approximate surface area is 127 Å². The minimum atomic E-state index is -0.291. The number of hydrogen-bond acceptors (Lipinski definition) is 4. The molecule has 22 heavy (non-hydrogen) atoms. The number of carbonyl (C=O) groups is 1. The molecule has 0 saturated carbocycles. The largest absolute Gasteiger partial charge is 0.338 e. The molecule has 3 aromatic rings. The van der Waals surface area contributed by atoms with Crippen molar-refractivity contribution < 1.29 is 4.79 Å². The monoisotopic (exact) mass is 293 g/mol. The number of hydrogen-bond donors (Lipinski definition) is 2. The molecule has 6 heteroatoms. The van der Waals surface area contributed by atoms with Crippen LogP contribution in [0.25, 0.3) is 22.2 Å². The van der Waals surface area contributed by atoms with Crippen LogP contribution in [0.2, 0.25) is 0 Å². The van der Waals surface area contributed by atoms with Gasteiger partial charge >= 0.3 is 6.03 Å². The summed E-state index contributed by atoms with van der Waals surface area (Å²) in [6.07, 6.45) is 5.12. The van der Waals surface area contributed by atoms with E-state index in [0.29, 0.717) is 12.4 Å². The van der Waals surface area contributed by atoms with Gasteiger partial charge in [0.15, 0.2) is 0 Å². The minimum Gasteiger partial charge on any atom is -0.338 e. The third kappa shape index (κ3) is 2.85. The van der Waals surface area contributed by atoms with E-state index in [0.717, 1.165) is 22.2 Å². The predicted molar refractivity (Wildman–Crippen MR) is 85.5 cm³/mol. The second kappa shape index (κ2) is 6.17. The van der Waals surface area contributed by atoms with E-state index in [1.165, 1.54) is 0 Å². The highest BCUT2D eigenvalue weighted by molar-refractivity contribution is 5.96. The average molecular weight is 293 g/mol. The first-order valence-corrected chi connectivity index (χ1v) is 6.99. The van der Waals surface area contributed by atoms with E-state index in [2.05, 4.69) is 25.6 Å². The van der Waals surface area contributed by atoms with Gasteiger partial charge in [0.1, 0.15) is 5.82 Å². The summed E-state index contributed by atoms with van der Waals surface area (Å²) < 4.78 is 0. The topological polar surface area (TPSA) is 79.8 Å². The standard InChI is InChI=1S/C16H15N5O/c1-2-18-16(22)21-15-12(14-5-3-4-7-19-14)9-11-10-17-8-6-13(11)20-15/h3-10H,2H2,1H3,(H2,18,20,21,22). The van der Waals surface area contributed by atoms with E-state index in [4.69, 9.17) is 0 Å². The second-order valence-electron chi connectivity index (χ2n) is 4.65. The van der Waals surface area contributed by atoms with Crippen LogP contribution in [0, 0.1) is 0 Å². The van der Waals surface area contributed by atoms with Gasteiger partial charge in [-0.2, -0.15) is 0 Å². The molecule has 110 valence electrons. The molecule has 0 aliphatic heterocycles. The fourth-order valence-electron chi connectivity index (χ4n) is 2.14. The summed E-state index contributed by atoms with van der Waals surface area (Å²) in [7, 11) is 0. The van der Waals surface area contributed by atoms with E-state index >= 15 is 0 Å². The lowest BCUT2D eigenvalue weighted by Gasteiger charge is -2.11. The molecule has 2 N–H and O–H groups in total. The van der Waals surface area contributed by atoms with Crippen molar-refractivity contribution in [3.8, 4) is 11.3 Å². The Morgan fingerprint density at radius 2 is 2.14 bits per heavy atom. The van der Waals surface area contributed by atoms with E-state index in [1.54, 1.807) is 24.7 Å². The number of rotatable bonds is 3. The van der Waals surface area contributed by atoms with Crippen molar-refractivity contribution in [1.82, 2.24) is 20.3 Å². The third-order valence-corrected chi connectivity index (χ3v) is 3.13. The van der Waals surface area contributed by atoms with Crippen molar-refractivity contribution in [1.29, 1.82) is 0 Å². The zero-order chi connectivity index (χ0) is 15.4. The van der Waals surface area contributed by atoms with Crippen molar-refractivity contribution in [3.63, 3.8) is 0 Å². The quantitative estimate of drug-likeness (QED) is 0.778. The Bertz CT molecular complexity index is 804. The highest BCUT2D eigenvalue weighted by Gasteiger charge is 2.12. The van der Waals surface area contributed by atoms with Crippen molar-refractivity contribution in [2.45, 2.75) is 6.92 Å². The normalized spacial score (nSPS) is 10.4. The Kier molecular flexibility index (Phi) is 3.91. The first kappa shape index (κ1) is 13.9. The number of nitrogens with one attached hydrogen (secondary N) is 2. The molecule has 0 saturated heterocycles. The van der Waals surface area contributed by atoms with Crippen molar-refractivity contribution in [3.05, 3.63) is 48.9 Å². The molecule has 0 unspecified atom stereocenters. The van der Waals surface area contributed by atoms with Crippen molar-refractivity contribution >= 4 is 22.8 Å². The van der Waals surface area contributed by atoms with E-state index < -0.39 is 0 Å². The highest BCUT2D eigenvalue weighted by Crippen LogP contribution is 2.28. The molecule has 3 rings (SSSR count). The number of amides is 2. The van der Waals surface area contributed by atoms with Crippen LogP contribution in [0.15, 0.2) is 48.9 Å². The maximum absolute atomic E-state index is 11.8. The van der Waals surface area contributed by atoms with E-state index in [1.807, 2.05) is 31.2 Å². The number of carbonyl (C=O) groups excluding carboxylic acids is 1. The lowest BCUT2D eigenvalue weighted by atomic mass is 10.1. The predicted octanol–water partition coefficient (Wildman–Crippen LogP) is 2.83. The smallest absolute Gasteiger partial charge is 0.320 e. The Hall–Kier alpha value is -3.02. The summed E-state index contributed by atoms with van der Waals surface area (Å²) in [5, 5.41) is 6.37. The van der Waals surface area contributed by atoms with Crippen LogP contribution in [0.5, 0.6) is 0 Å². The van der Waals surface area contributed by atoms with Crippen LogP contribution in [0.4, 0.5) is 10.6 Å². The summed E-state index contributed by atoms with van der Waals surface area (Å²) in [5.74, 6) is 0.475. The van der Waals surface area contributed by atoms with Gasteiger partial charge in [0, 0.05) is 36.1 Å². The van der Waals surface area contributed by atoms with Crippen LogP contribution in [0.1, 0.15) is 6.92 Å². The van der Waals surface area contributed by atoms with Gasteiger partial charge in [-0.1, -0.05) is 6.07 Å². The van der Waals surface area contributed by atoms with Gasteiger partial charge in [-0.3, -0.25) is 15.3 Å². The number of fused-ring (bicyclic) bond motifs is 1. The SMILES string of the molecule is CCNC(=O)Nc1nc2ccncc2cc1-c1ccccn1. The first-order valence-electron chi connectivity index (χ1n) is 6.99. The number of nitrogens with zero attached hydrogens (tertiary/aromatic N) is 3. The fraction of sp³-hybridized carbons (Fsp3) is 0.125. The van der Waals surface area contributed by atoms with Gasteiger partial charge in [0.2, 0.25) is 0 Å². The lowest BCUT2D eigenvalue weighted by molar-refractivity contribution is 0.252. The number of pyridine rings is 3. The average Bonchev–Trinajstić information content (AvgIpc) is 2.55. The van der Waals surface area contributed by atoms with Crippen LogP contribution in [-0.4, -0.2) is 27.5 Å². The molecule has 0 aromatic carbocycles. The van der Waals surface area contributed by atoms with Crippen LogP contribution >= 0.6 is 0 Å². The molecule has 3 aromatic heterocycles. The zero-order valence-electron chi connectivity index (χ0n) is 12.1. The molecule has 3 heterocycles. The number of urea groups is 1. The summed E-state index contributed by atoms with van der Waals surface area (Å²) in [6.45, 7) is 2.40. The zero-order valence-corrected chi connectivity index (χ0v) is 12.1. The summed E-state index contributed by atoms with van der Waals surface area (Å²) in [4.78, 5) is 24.8.